The maximum absolute atomic E-state index is 13.3. The first-order valence-corrected chi connectivity index (χ1v) is 12.7. The summed E-state index contributed by atoms with van der Waals surface area (Å²) in [7, 11) is -9.40. The van der Waals surface area contributed by atoms with Crippen LogP contribution in [0.3, 0.4) is 0 Å². The molecular weight excluding hydrogens is 551 g/mol. The summed E-state index contributed by atoms with van der Waals surface area (Å²) in [5, 5.41) is 4.80. The van der Waals surface area contributed by atoms with Gasteiger partial charge in [-0.25, -0.2) is 13.1 Å². The summed E-state index contributed by atoms with van der Waals surface area (Å²) < 4.78 is 107. The molecule has 4 rings (SSSR count). The van der Waals surface area contributed by atoms with Crippen LogP contribution in [0.2, 0.25) is 0 Å². The van der Waals surface area contributed by atoms with Gasteiger partial charge < -0.3 is 24.3 Å². The highest BCUT2D eigenvalue weighted by atomic mass is 32.2. The van der Waals surface area contributed by atoms with E-state index in [0.717, 1.165) is 12.3 Å². The monoisotopic (exact) mass is 565 g/mol. The van der Waals surface area contributed by atoms with Crippen LogP contribution in [-0.2, 0) is 31.4 Å². The predicted octanol–water partition coefficient (Wildman–Crippen LogP) is 0.829. The number of nitrogens with one attached hydrogen (secondary N) is 4. The molecule has 0 saturated carbocycles. The number of alkyl halides is 3. The Kier molecular flexibility index (Phi) is 6.50. The highest BCUT2D eigenvalue weighted by Crippen LogP contribution is 2.47. The summed E-state index contributed by atoms with van der Waals surface area (Å²) in [6.07, 6.45) is -2.96. The number of aromatic nitrogens is 2. The average molecular weight is 565 g/mol. The van der Waals surface area contributed by atoms with Crippen LogP contribution in [0.5, 0.6) is 11.5 Å². The molecule has 0 spiro atoms. The van der Waals surface area contributed by atoms with Gasteiger partial charge in [0.25, 0.3) is 37.0 Å². The van der Waals surface area contributed by atoms with Gasteiger partial charge in [-0.2, -0.15) is 8.42 Å². The van der Waals surface area contributed by atoms with Gasteiger partial charge in [-0.3, -0.25) is 14.3 Å². The van der Waals surface area contributed by atoms with Crippen molar-refractivity contribution in [1.29, 1.82) is 0 Å². The number of anilines is 1. The maximum Gasteiger partial charge on any atom is 0.573 e. The van der Waals surface area contributed by atoms with Crippen LogP contribution in [0.15, 0.2) is 51.2 Å². The molecule has 0 saturated heterocycles. The lowest BCUT2D eigenvalue weighted by molar-refractivity contribution is -0.275. The van der Waals surface area contributed by atoms with Crippen LogP contribution in [0, 0.1) is 0 Å². The number of ether oxygens (including phenoxy) is 2. The summed E-state index contributed by atoms with van der Waals surface area (Å²) in [4.78, 5) is 26.3. The van der Waals surface area contributed by atoms with E-state index in [2.05, 4.69) is 24.7 Å². The van der Waals surface area contributed by atoms with E-state index in [9.17, 15) is 39.6 Å². The van der Waals surface area contributed by atoms with E-state index in [1.165, 1.54) is 4.72 Å². The lowest BCUT2D eigenvalue weighted by atomic mass is 10.1. The van der Waals surface area contributed by atoms with Crippen LogP contribution in [-0.4, -0.2) is 51.8 Å². The molecule has 1 aliphatic heterocycles. The molecule has 2 aromatic heterocycles. The Labute approximate surface area is 205 Å². The molecule has 1 aliphatic rings. The minimum atomic E-state index is -5.49. The first kappa shape index (κ1) is 25.8. The number of carbonyl (C=O) groups excluding carboxylic acids is 2. The second-order valence-electron chi connectivity index (χ2n) is 7.14. The minimum Gasteiger partial charge on any atom is -0.478 e. The second kappa shape index (κ2) is 9.32. The van der Waals surface area contributed by atoms with Crippen LogP contribution in [0.1, 0.15) is 16.1 Å². The number of amides is 2. The molecule has 19 heteroatoms. The number of nitrogens with zero attached hydrogens (tertiary/aromatic N) is 1. The number of sulfonamides is 2. The van der Waals surface area contributed by atoms with Gasteiger partial charge >= 0.3 is 6.36 Å². The van der Waals surface area contributed by atoms with E-state index in [1.807, 2.05) is 0 Å². The number of benzene rings is 1. The third-order valence-corrected chi connectivity index (χ3v) is 7.15. The van der Waals surface area contributed by atoms with Gasteiger partial charge in [0.15, 0.2) is 18.1 Å². The Hall–Kier alpha value is -4.26. The molecule has 3 heterocycles. The van der Waals surface area contributed by atoms with E-state index in [1.54, 1.807) is 23.1 Å². The Morgan fingerprint density at radius 1 is 1.22 bits per heavy atom. The standard InChI is InChI=1S/C18H14F3N5O9S2/c19-18(20,21)34-16-14-11(36(29,30)26-17(14)28)6-10(25-37(31,32)13-3-5-24-35-13)15(16)33-8-12(27)23-7-9-2-1-4-22-9/h1-6,22,25H,7-8H2,(H,23,27)(H,26,28). The summed E-state index contributed by atoms with van der Waals surface area (Å²) in [5.74, 6) is -4.95. The highest BCUT2D eigenvalue weighted by molar-refractivity contribution is 7.92. The van der Waals surface area contributed by atoms with Crippen molar-refractivity contribution in [1.82, 2.24) is 20.2 Å². The molecule has 198 valence electrons. The topological polar surface area (TPSA) is 199 Å². The molecule has 37 heavy (non-hydrogen) atoms. The van der Waals surface area contributed by atoms with Crippen molar-refractivity contribution in [3.8, 4) is 11.5 Å². The molecule has 2 amide bonds. The van der Waals surface area contributed by atoms with E-state index in [-0.39, 0.29) is 6.54 Å². The molecule has 0 atom stereocenters. The SMILES string of the molecule is O=C(COc1c(NS(=O)(=O)c2ccno2)cc2c(c1OC(F)(F)F)C(=O)NS2(=O)=O)NCc1ccc[nH]1. The lowest BCUT2D eigenvalue weighted by Gasteiger charge is -2.19. The van der Waals surface area contributed by atoms with Gasteiger partial charge in [0.05, 0.1) is 18.4 Å². The van der Waals surface area contributed by atoms with Crippen LogP contribution in [0.25, 0.3) is 0 Å². The minimum absolute atomic E-state index is 0.0169. The Morgan fingerprint density at radius 3 is 2.59 bits per heavy atom. The van der Waals surface area contributed by atoms with Crippen LogP contribution in [0.4, 0.5) is 18.9 Å². The number of halogens is 3. The van der Waals surface area contributed by atoms with Crippen molar-refractivity contribution in [3.05, 3.63) is 47.9 Å². The van der Waals surface area contributed by atoms with E-state index >= 15 is 0 Å². The molecule has 3 aromatic rings. The molecular formula is C18H14F3N5O9S2. The molecule has 0 radical (unpaired) electrons. The molecule has 0 unspecified atom stereocenters. The van der Waals surface area contributed by atoms with Crippen molar-refractivity contribution < 1.29 is 53.6 Å². The average Bonchev–Trinajstić information content (AvgIpc) is 3.52. The Balaban J connectivity index is 1.78. The zero-order valence-corrected chi connectivity index (χ0v) is 19.6. The first-order valence-electron chi connectivity index (χ1n) is 9.76. The third-order valence-electron chi connectivity index (χ3n) is 4.57. The molecule has 1 aromatic carbocycles. The number of hydrogen-bond acceptors (Lipinski definition) is 10. The largest absolute Gasteiger partial charge is 0.573 e. The fraction of sp³-hybridized carbons (Fsp3) is 0.167. The summed E-state index contributed by atoms with van der Waals surface area (Å²) in [6, 6.07) is 4.70. The quantitative estimate of drug-likeness (QED) is 0.288. The molecule has 14 nitrogen and oxygen atoms in total. The number of hydrogen-bond donors (Lipinski definition) is 4. The normalized spacial score (nSPS) is 14.5. The van der Waals surface area contributed by atoms with E-state index < -0.39 is 77.6 Å². The van der Waals surface area contributed by atoms with Gasteiger partial charge in [0, 0.05) is 18.0 Å². The summed E-state index contributed by atoms with van der Waals surface area (Å²) >= 11 is 0. The van der Waals surface area contributed by atoms with Gasteiger partial charge in [-0.05, 0) is 18.2 Å². The smallest absolute Gasteiger partial charge is 0.478 e. The third kappa shape index (κ3) is 5.61. The zero-order valence-electron chi connectivity index (χ0n) is 18.0. The van der Waals surface area contributed by atoms with Crippen molar-refractivity contribution in [3.63, 3.8) is 0 Å². The van der Waals surface area contributed by atoms with Gasteiger partial charge in [0.2, 0.25) is 0 Å². The lowest BCUT2D eigenvalue weighted by Crippen LogP contribution is -2.29. The first-order chi connectivity index (χ1) is 17.3. The molecule has 4 N–H and O–H groups in total. The van der Waals surface area contributed by atoms with Gasteiger partial charge in [-0.1, -0.05) is 5.16 Å². The Morgan fingerprint density at radius 2 is 1.97 bits per heavy atom. The number of H-pyrrole nitrogens is 1. The van der Waals surface area contributed by atoms with Crippen molar-refractivity contribution >= 4 is 37.5 Å². The second-order valence-corrected chi connectivity index (χ2v) is 10.4. The Bertz CT molecular complexity index is 1550. The van der Waals surface area contributed by atoms with Crippen molar-refractivity contribution in [2.45, 2.75) is 22.9 Å². The molecule has 0 aliphatic carbocycles. The number of rotatable bonds is 9. The van der Waals surface area contributed by atoms with E-state index in [0.29, 0.717) is 11.8 Å². The van der Waals surface area contributed by atoms with E-state index in [4.69, 9.17) is 4.74 Å². The molecule has 0 bridgehead atoms. The fourth-order valence-electron chi connectivity index (χ4n) is 3.10. The predicted molar refractivity (Wildman–Crippen MR) is 113 cm³/mol. The summed E-state index contributed by atoms with van der Waals surface area (Å²) in [6.45, 7) is -1.00. The number of fused-ring (bicyclic) bond motifs is 1. The fourth-order valence-corrected chi connectivity index (χ4v) is 5.21. The highest BCUT2D eigenvalue weighted by Gasteiger charge is 2.44. The van der Waals surface area contributed by atoms with Crippen molar-refractivity contribution in [2.24, 2.45) is 0 Å². The molecule has 0 fully saturated rings. The zero-order chi connectivity index (χ0) is 27.0. The van der Waals surface area contributed by atoms with Crippen LogP contribution >= 0.6 is 0 Å². The number of aromatic amines is 1. The summed E-state index contributed by atoms with van der Waals surface area (Å²) in [5.41, 5.74) is -1.44. The van der Waals surface area contributed by atoms with Crippen LogP contribution < -0.4 is 24.2 Å². The van der Waals surface area contributed by atoms with Crippen molar-refractivity contribution in [2.75, 3.05) is 11.3 Å². The maximum atomic E-state index is 13.3. The number of carbonyl (C=O) groups is 2. The van der Waals surface area contributed by atoms with Gasteiger partial charge in [-0.15, -0.1) is 13.2 Å². The van der Waals surface area contributed by atoms with Gasteiger partial charge in [0.1, 0.15) is 10.5 Å².